The van der Waals surface area contributed by atoms with Crippen molar-refractivity contribution >= 4 is 5.87 Å². The van der Waals surface area contributed by atoms with Crippen molar-refractivity contribution < 1.29 is 0 Å². The molecule has 2 heteroatoms. The van der Waals surface area contributed by atoms with Crippen LogP contribution in [-0.4, -0.2) is 5.87 Å². The van der Waals surface area contributed by atoms with Gasteiger partial charge in [-0.2, -0.15) is 5.26 Å². The predicted octanol–water partition coefficient (Wildman–Crippen LogP) is 1.02. The molecule has 1 aliphatic rings. The van der Waals surface area contributed by atoms with Gasteiger partial charge in [-0.3, -0.25) is 0 Å². The van der Waals surface area contributed by atoms with Gasteiger partial charge in [0.25, 0.3) is 0 Å². The third-order valence-electron chi connectivity index (χ3n) is 0.852. The highest BCUT2D eigenvalue weighted by atomic mass is 14.7. The Morgan fingerprint density at radius 3 is 3.12 bits per heavy atom. The molecule has 0 bridgehead atoms. The van der Waals surface area contributed by atoms with Crippen LogP contribution in [0.3, 0.4) is 0 Å². The number of allylic oxidation sites excluding steroid dienone is 2. The molecule has 0 saturated carbocycles. The largest absolute Gasteiger partial charge is 0.213 e. The minimum atomic E-state index is 0.681. The zero-order valence-electron chi connectivity index (χ0n) is 4.26. The van der Waals surface area contributed by atoms with Gasteiger partial charge in [0, 0.05) is 6.42 Å². The minimum Gasteiger partial charge on any atom is -0.213 e. The van der Waals surface area contributed by atoms with Crippen molar-refractivity contribution in [3.05, 3.63) is 17.8 Å². The molecule has 0 aliphatic carbocycles. The third kappa shape index (κ3) is 0.841. The Morgan fingerprint density at radius 1 is 1.88 bits per heavy atom. The normalized spacial score (nSPS) is 15.1. The number of nitriles is 1. The van der Waals surface area contributed by atoms with Gasteiger partial charge in [0.05, 0.1) is 17.8 Å². The molecule has 1 rings (SSSR count). The lowest BCUT2D eigenvalue weighted by molar-refractivity contribution is 1.25. The smallest absolute Gasteiger partial charge is 0.0967 e. The molecule has 1 aliphatic heterocycles. The molecule has 0 fully saturated rings. The van der Waals surface area contributed by atoms with E-state index >= 15 is 0 Å². The number of rotatable bonds is 0. The summed E-state index contributed by atoms with van der Waals surface area (Å²) in [7, 11) is 0. The average molecular weight is 104 g/mol. The van der Waals surface area contributed by atoms with E-state index in [0.29, 0.717) is 12.0 Å². The lowest BCUT2D eigenvalue weighted by Crippen LogP contribution is -1.78. The van der Waals surface area contributed by atoms with Crippen LogP contribution in [0.1, 0.15) is 6.42 Å². The maximum absolute atomic E-state index is 8.26. The van der Waals surface area contributed by atoms with Crippen molar-refractivity contribution in [1.82, 2.24) is 0 Å². The molecule has 0 atom stereocenters. The molecule has 0 saturated heterocycles. The maximum Gasteiger partial charge on any atom is 0.0967 e. The summed E-state index contributed by atoms with van der Waals surface area (Å²) in [5.41, 5.74) is 0.698. The second-order valence-corrected chi connectivity index (χ2v) is 1.43. The fourth-order valence-corrected chi connectivity index (χ4v) is 0.451. The van der Waals surface area contributed by atoms with Crippen molar-refractivity contribution in [3.8, 4) is 6.07 Å². The van der Waals surface area contributed by atoms with E-state index < -0.39 is 0 Å². The molecule has 0 unspecified atom stereocenters. The molecular weight excluding hydrogens is 100 g/mol. The molecule has 1 heterocycles. The summed E-state index contributed by atoms with van der Waals surface area (Å²) in [5, 5.41) is 8.26. The molecule has 0 amide bonds. The monoisotopic (exact) mass is 104 g/mol. The zero-order valence-corrected chi connectivity index (χ0v) is 4.26. The number of aliphatic imine (C=N–C) groups is 1. The SMILES string of the molecule is N#CC1=CN=C=CC1. The molecule has 2 nitrogen and oxygen atoms in total. The van der Waals surface area contributed by atoms with Crippen LogP contribution in [-0.2, 0) is 0 Å². The highest BCUT2D eigenvalue weighted by molar-refractivity contribution is 5.56. The van der Waals surface area contributed by atoms with E-state index in [1.54, 1.807) is 6.08 Å². The van der Waals surface area contributed by atoms with Crippen LogP contribution >= 0.6 is 0 Å². The summed E-state index contributed by atoms with van der Waals surface area (Å²) in [6, 6.07) is 2.00. The number of hydrogen-bond acceptors (Lipinski definition) is 2. The fraction of sp³-hybridized carbons (Fsp3) is 0.167. The Kier molecular flexibility index (Phi) is 1.27. The first-order valence-electron chi connectivity index (χ1n) is 2.29. The van der Waals surface area contributed by atoms with Crippen LogP contribution in [0.25, 0.3) is 0 Å². The average Bonchev–Trinajstić information content (AvgIpc) is 1.90. The second kappa shape index (κ2) is 2.11. The first kappa shape index (κ1) is 4.83. The lowest BCUT2D eigenvalue weighted by atomic mass is 10.2. The standard InChI is InChI=1S/C6H4N2/c7-4-6-2-1-3-8-5-6/h1,5H,2H2. The summed E-state index contributed by atoms with van der Waals surface area (Å²) in [6.45, 7) is 0. The topological polar surface area (TPSA) is 36.1 Å². The summed E-state index contributed by atoms with van der Waals surface area (Å²) < 4.78 is 0. The van der Waals surface area contributed by atoms with Gasteiger partial charge in [-0.15, -0.1) is 0 Å². The van der Waals surface area contributed by atoms with E-state index in [9.17, 15) is 0 Å². The summed E-state index contributed by atoms with van der Waals surface area (Å²) >= 11 is 0. The van der Waals surface area contributed by atoms with Gasteiger partial charge in [-0.25, -0.2) is 4.99 Å². The van der Waals surface area contributed by atoms with Gasteiger partial charge in [0.2, 0.25) is 0 Å². The van der Waals surface area contributed by atoms with Crippen LogP contribution in [0, 0.1) is 11.3 Å². The maximum atomic E-state index is 8.26. The van der Waals surface area contributed by atoms with E-state index in [0.717, 1.165) is 0 Å². The van der Waals surface area contributed by atoms with Gasteiger partial charge >= 0.3 is 0 Å². The molecular formula is C6H4N2. The van der Waals surface area contributed by atoms with Crippen molar-refractivity contribution in [2.24, 2.45) is 4.99 Å². The van der Waals surface area contributed by atoms with Gasteiger partial charge < -0.3 is 0 Å². The Hall–Kier alpha value is -1.32. The van der Waals surface area contributed by atoms with E-state index in [1.807, 2.05) is 6.07 Å². The van der Waals surface area contributed by atoms with E-state index in [1.165, 1.54) is 6.20 Å². The predicted molar refractivity (Wildman–Crippen MR) is 30.3 cm³/mol. The molecule has 0 aromatic carbocycles. The Labute approximate surface area is 47.5 Å². The van der Waals surface area contributed by atoms with Crippen molar-refractivity contribution in [2.45, 2.75) is 6.42 Å². The van der Waals surface area contributed by atoms with Crippen LogP contribution in [0.5, 0.6) is 0 Å². The molecule has 0 spiro atoms. The number of nitrogens with zero attached hydrogens (tertiary/aromatic N) is 2. The van der Waals surface area contributed by atoms with Crippen LogP contribution in [0.4, 0.5) is 0 Å². The molecule has 0 aromatic rings. The number of hydrogen-bond donors (Lipinski definition) is 0. The molecule has 0 radical (unpaired) electrons. The van der Waals surface area contributed by atoms with Gasteiger partial charge in [0.1, 0.15) is 0 Å². The Balaban J connectivity index is 2.81. The Bertz CT molecular complexity index is 211. The summed E-state index contributed by atoms with van der Waals surface area (Å²) in [6.07, 6.45) is 3.94. The van der Waals surface area contributed by atoms with Crippen molar-refractivity contribution in [3.63, 3.8) is 0 Å². The van der Waals surface area contributed by atoms with Gasteiger partial charge in [-0.1, -0.05) is 0 Å². The third-order valence-corrected chi connectivity index (χ3v) is 0.852. The summed E-state index contributed by atoms with van der Waals surface area (Å²) in [4.78, 5) is 3.64. The van der Waals surface area contributed by atoms with Gasteiger partial charge in [-0.05, 0) is 11.9 Å². The van der Waals surface area contributed by atoms with Crippen LogP contribution < -0.4 is 0 Å². The highest BCUT2D eigenvalue weighted by Gasteiger charge is 1.91. The molecule has 8 heavy (non-hydrogen) atoms. The minimum absolute atomic E-state index is 0.681. The van der Waals surface area contributed by atoms with Gasteiger partial charge in [0.15, 0.2) is 0 Å². The first-order valence-corrected chi connectivity index (χ1v) is 2.29. The molecule has 0 N–H and O–H groups in total. The fourth-order valence-electron chi connectivity index (χ4n) is 0.451. The van der Waals surface area contributed by atoms with Crippen molar-refractivity contribution in [2.75, 3.05) is 0 Å². The first-order chi connectivity index (χ1) is 3.93. The van der Waals surface area contributed by atoms with Crippen LogP contribution in [0.2, 0.25) is 0 Å². The highest BCUT2D eigenvalue weighted by Crippen LogP contribution is 2.01. The lowest BCUT2D eigenvalue weighted by Gasteiger charge is -1.88. The van der Waals surface area contributed by atoms with E-state index in [2.05, 4.69) is 10.9 Å². The van der Waals surface area contributed by atoms with Crippen molar-refractivity contribution in [1.29, 1.82) is 5.26 Å². The summed E-state index contributed by atoms with van der Waals surface area (Å²) in [5.74, 6) is 2.62. The molecule has 0 aromatic heterocycles. The quantitative estimate of drug-likeness (QED) is 0.452. The molecule has 38 valence electrons. The zero-order chi connectivity index (χ0) is 5.82. The second-order valence-electron chi connectivity index (χ2n) is 1.43. The van der Waals surface area contributed by atoms with E-state index in [4.69, 9.17) is 5.26 Å². The van der Waals surface area contributed by atoms with Crippen LogP contribution in [0.15, 0.2) is 22.8 Å². The van der Waals surface area contributed by atoms with E-state index in [-0.39, 0.29) is 0 Å². The Morgan fingerprint density at radius 2 is 2.75 bits per heavy atom.